The molecular formula is C30H31N2O9+. The van der Waals surface area contributed by atoms with Crippen molar-refractivity contribution in [3.63, 3.8) is 0 Å². The van der Waals surface area contributed by atoms with Gasteiger partial charge in [-0.25, -0.2) is 0 Å². The molecule has 0 aliphatic carbocycles. The van der Waals surface area contributed by atoms with Gasteiger partial charge in [0.15, 0.2) is 24.6 Å². The molecule has 1 saturated heterocycles. The third-order valence-corrected chi connectivity index (χ3v) is 7.19. The highest BCUT2D eigenvalue weighted by Crippen LogP contribution is 2.38. The van der Waals surface area contributed by atoms with E-state index in [9.17, 15) is 19.2 Å². The van der Waals surface area contributed by atoms with Crippen molar-refractivity contribution in [2.45, 2.75) is 66.1 Å². The Labute approximate surface area is 235 Å². The minimum absolute atomic E-state index is 0.0799. The maximum absolute atomic E-state index is 12.1. The number of pyridine rings is 1. The number of nitrogens with one attached hydrogen (secondary N) is 1. The Hall–Kier alpha value is -4.51. The Kier molecular flexibility index (Phi) is 7.39. The molecular weight excluding hydrogens is 532 g/mol. The van der Waals surface area contributed by atoms with Crippen LogP contribution >= 0.6 is 0 Å². The van der Waals surface area contributed by atoms with Crippen LogP contribution in [0.5, 0.6) is 5.75 Å². The van der Waals surface area contributed by atoms with Gasteiger partial charge in [-0.15, -0.1) is 0 Å². The van der Waals surface area contributed by atoms with Gasteiger partial charge >= 0.3 is 30.1 Å². The van der Waals surface area contributed by atoms with Crippen LogP contribution in [-0.4, -0.2) is 53.8 Å². The number of carbonyl (C=O) groups is 4. The van der Waals surface area contributed by atoms with Crippen molar-refractivity contribution in [3.8, 4) is 5.75 Å². The summed E-state index contributed by atoms with van der Waals surface area (Å²) in [6.45, 7) is 9.02. The van der Waals surface area contributed by atoms with E-state index in [1.807, 2.05) is 38.2 Å². The highest BCUT2D eigenvalue weighted by Gasteiger charge is 2.51. The lowest BCUT2D eigenvalue weighted by Gasteiger charge is -2.37. The minimum Gasteiger partial charge on any atom is -0.456 e. The Morgan fingerprint density at radius 3 is 2.17 bits per heavy atom. The van der Waals surface area contributed by atoms with Crippen LogP contribution in [0.1, 0.15) is 45.0 Å². The summed E-state index contributed by atoms with van der Waals surface area (Å²) in [5, 5.41) is 3.79. The lowest BCUT2D eigenvalue weighted by Crippen LogP contribution is -2.61. The van der Waals surface area contributed by atoms with E-state index in [-0.39, 0.29) is 6.61 Å². The molecule has 1 aliphatic rings. The zero-order valence-electron chi connectivity index (χ0n) is 23.6. The van der Waals surface area contributed by atoms with Crippen molar-refractivity contribution in [1.82, 2.24) is 4.98 Å². The number of hydrogen-bond acceptors (Lipinski definition) is 9. The summed E-state index contributed by atoms with van der Waals surface area (Å²) in [5.41, 5.74) is 3.85. The molecule has 4 aromatic rings. The van der Waals surface area contributed by atoms with E-state index in [1.165, 1.54) is 27.7 Å². The second-order valence-corrected chi connectivity index (χ2v) is 10.2. The van der Waals surface area contributed by atoms with Crippen molar-refractivity contribution >= 4 is 56.5 Å². The highest BCUT2D eigenvalue weighted by atomic mass is 16.6. The Morgan fingerprint density at radius 1 is 0.829 bits per heavy atom. The molecule has 0 saturated carbocycles. The third kappa shape index (κ3) is 5.32. The van der Waals surface area contributed by atoms with Crippen molar-refractivity contribution in [3.05, 3.63) is 47.8 Å². The molecule has 0 spiro atoms. The van der Waals surface area contributed by atoms with Crippen LogP contribution in [0.3, 0.4) is 0 Å². The van der Waals surface area contributed by atoms with Crippen LogP contribution in [0, 0.1) is 13.8 Å². The summed E-state index contributed by atoms with van der Waals surface area (Å²) in [7, 11) is 0. The van der Waals surface area contributed by atoms with E-state index in [0.717, 1.165) is 43.7 Å². The minimum atomic E-state index is -1.10. The second-order valence-electron chi connectivity index (χ2n) is 10.2. The van der Waals surface area contributed by atoms with E-state index in [2.05, 4.69) is 4.98 Å². The summed E-state index contributed by atoms with van der Waals surface area (Å²) < 4.78 is 29.6. The normalized spacial score (nSPS) is 20.6. The average Bonchev–Trinajstić information content (AvgIpc) is 3.27. The van der Waals surface area contributed by atoms with Crippen LogP contribution in [0.25, 0.3) is 32.6 Å². The molecule has 4 atom stereocenters. The topological polar surface area (TPSA) is 134 Å². The number of carbonyl (C=O) groups excluding carboxylic acids is 4. The fraction of sp³-hybridized carbons (Fsp3) is 0.367. The molecule has 2 aromatic heterocycles. The zero-order chi connectivity index (χ0) is 29.6. The van der Waals surface area contributed by atoms with Gasteiger partial charge in [0.1, 0.15) is 5.75 Å². The predicted molar refractivity (Wildman–Crippen MR) is 146 cm³/mol. The van der Waals surface area contributed by atoms with Crippen LogP contribution in [-0.2, 0) is 38.1 Å². The van der Waals surface area contributed by atoms with Crippen LogP contribution < -0.4 is 9.30 Å². The number of fused-ring (bicyclic) bond motifs is 4. The van der Waals surface area contributed by atoms with Crippen LogP contribution in [0.4, 0.5) is 0 Å². The van der Waals surface area contributed by atoms with Crippen molar-refractivity contribution in [1.29, 1.82) is 0 Å². The average molecular weight is 564 g/mol. The first-order valence-corrected chi connectivity index (χ1v) is 13.2. The first-order valence-electron chi connectivity index (χ1n) is 13.2. The van der Waals surface area contributed by atoms with Gasteiger partial charge in [0.25, 0.3) is 0 Å². The van der Waals surface area contributed by atoms with Gasteiger partial charge < -0.3 is 28.7 Å². The smallest absolute Gasteiger partial charge is 0.308 e. The van der Waals surface area contributed by atoms with Crippen molar-refractivity contribution in [2.75, 3.05) is 6.61 Å². The summed E-state index contributed by atoms with van der Waals surface area (Å²) in [6, 6.07) is 7.41. The number of hydrogen-bond donors (Lipinski definition) is 1. The van der Waals surface area contributed by atoms with Gasteiger partial charge in [0, 0.05) is 55.4 Å². The van der Waals surface area contributed by atoms with Crippen molar-refractivity contribution in [2.24, 2.45) is 0 Å². The van der Waals surface area contributed by atoms with Crippen molar-refractivity contribution < 1.29 is 47.4 Å². The monoisotopic (exact) mass is 563 g/mol. The number of benzene rings is 2. The maximum atomic E-state index is 12.1. The quantitative estimate of drug-likeness (QED) is 0.167. The number of H-pyrrole nitrogens is 1. The largest absolute Gasteiger partial charge is 0.456 e. The molecule has 41 heavy (non-hydrogen) atoms. The molecule has 0 unspecified atom stereocenters. The number of aryl methyl sites for hydroxylation is 2. The SMILES string of the molecule is CC(=O)Oc1ccc2[nH]c3c(C)c4cc[n+]([C@H]5OC[C@@H](OC(C)=O)[C@@H](OC(C)=O)[C@@H]5OC(C)=O)cc4c(C)c3c2c1. The molecule has 0 amide bonds. The fourth-order valence-electron chi connectivity index (χ4n) is 5.62. The van der Waals surface area contributed by atoms with Gasteiger partial charge in [0.05, 0.1) is 12.1 Å². The lowest BCUT2D eigenvalue weighted by molar-refractivity contribution is -0.773. The molecule has 11 heteroatoms. The molecule has 2 aromatic carbocycles. The Morgan fingerprint density at radius 2 is 1.51 bits per heavy atom. The number of ether oxygens (including phenoxy) is 5. The van der Waals surface area contributed by atoms with Crippen LogP contribution in [0.2, 0.25) is 0 Å². The van der Waals surface area contributed by atoms with Gasteiger partial charge in [0.2, 0.25) is 6.10 Å². The summed E-state index contributed by atoms with van der Waals surface area (Å²) in [5.74, 6) is -1.76. The molecule has 1 N–H and O–H groups in total. The Balaban J connectivity index is 1.65. The summed E-state index contributed by atoms with van der Waals surface area (Å²) in [6.07, 6.45) is -0.320. The highest BCUT2D eigenvalue weighted by molar-refractivity contribution is 6.16. The van der Waals surface area contributed by atoms with E-state index >= 15 is 0 Å². The molecule has 3 heterocycles. The standard InChI is InChI=1S/C30H30N2O9/c1-14-23-12-32(30-29(41-19(6)36)28(40-18(5)35)25(13-37-30)39-17(4)34)10-9-21(23)15(2)27-26(14)22-11-20(38-16(3)33)7-8-24(22)31-27/h7-12,25,28-30H,13H2,1-6H3/p+1/t25-,28-,29+,30+/m1/s1. The van der Waals surface area contributed by atoms with E-state index in [4.69, 9.17) is 23.7 Å². The third-order valence-electron chi connectivity index (χ3n) is 7.19. The molecule has 214 valence electrons. The molecule has 1 fully saturated rings. The maximum Gasteiger partial charge on any atom is 0.308 e. The summed E-state index contributed by atoms with van der Waals surface area (Å²) >= 11 is 0. The van der Waals surface area contributed by atoms with E-state index in [1.54, 1.807) is 16.8 Å². The van der Waals surface area contributed by atoms with E-state index < -0.39 is 48.4 Å². The number of rotatable bonds is 5. The number of aromatic amines is 1. The predicted octanol–water partition coefficient (Wildman–Crippen LogP) is 3.63. The number of aromatic nitrogens is 2. The first-order chi connectivity index (χ1) is 19.4. The van der Waals surface area contributed by atoms with Gasteiger partial charge in [-0.3, -0.25) is 19.2 Å². The second kappa shape index (κ2) is 10.8. The van der Waals surface area contributed by atoms with E-state index in [0.29, 0.717) is 5.75 Å². The van der Waals surface area contributed by atoms with Gasteiger partial charge in [-0.1, -0.05) is 0 Å². The molecule has 11 nitrogen and oxygen atoms in total. The molecule has 5 rings (SSSR count). The molecule has 0 bridgehead atoms. The molecule has 1 aliphatic heterocycles. The van der Waals surface area contributed by atoms with Gasteiger partial charge in [-0.2, -0.15) is 4.57 Å². The fourth-order valence-corrected chi connectivity index (χ4v) is 5.62. The number of esters is 4. The van der Waals surface area contributed by atoms with Crippen LogP contribution in [0.15, 0.2) is 36.7 Å². The molecule has 0 radical (unpaired) electrons. The summed E-state index contributed by atoms with van der Waals surface area (Å²) in [4.78, 5) is 50.9. The number of nitrogens with zero attached hydrogens (tertiary/aromatic N) is 1. The zero-order valence-corrected chi connectivity index (χ0v) is 23.6. The Bertz CT molecular complexity index is 1720. The lowest BCUT2D eigenvalue weighted by atomic mass is 9.96. The van der Waals surface area contributed by atoms with Gasteiger partial charge in [-0.05, 0) is 48.6 Å². The first kappa shape index (κ1) is 28.0.